The lowest BCUT2D eigenvalue weighted by Crippen LogP contribution is -2.37. The molecule has 0 saturated heterocycles. The summed E-state index contributed by atoms with van der Waals surface area (Å²) in [5, 5.41) is 3.52. The number of fused-ring (bicyclic) bond motifs is 1. The lowest BCUT2D eigenvalue weighted by Gasteiger charge is -2.38. The molecule has 0 bridgehead atoms. The molecule has 5 nitrogen and oxygen atoms in total. The van der Waals surface area contributed by atoms with Crippen molar-refractivity contribution in [2.24, 2.45) is 5.41 Å². The minimum absolute atomic E-state index is 0.152. The molecule has 2 aliphatic rings. The number of nitrogens with zero attached hydrogens (tertiary/aromatic N) is 1. The lowest BCUT2D eigenvalue weighted by atomic mass is 9.69. The molecule has 0 amide bonds. The predicted octanol–water partition coefficient (Wildman–Crippen LogP) is 5.27. The Hall–Kier alpha value is -2.81. The number of benzene rings is 1. The molecule has 1 aromatic heterocycles. The number of aromatic nitrogens is 2. The van der Waals surface area contributed by atoms with E-state index >= 15 is 0 Å². The third-order valence-corrected chi connectivity index (χ3v) is 6.45. The Balaban J connectivity index is 1.94. The van der Waals surface area contributed by atoms with Gasteiger partial charge >= 0.3 is 6.18 Å². The zero-order valence-electron chi connectivity index (χ0n) is 17.6. The molecule has 0 fully saturated rings. The zero-order valence-corrected chi connectivity index (χ0v) is 18.4. The van der Waals surface area contributed by atoms with Crippen LogP contribution in [0.15, 0.2) is 58.1 Å². The fourth-order valence-corrected chi connectivity index (χ4v) is 4.92. The summed E-state index contributed by atoms with van der Waals surface area (Å²) in [5.74, 6) is -0.312. The molecular formula is C23H22F3N3O2S. The van der Waals surface area contributed by atoms with E-state index in [9.17, 15) is 22.8 Å². The van der Waals surface area contributed by atoms with E-state index in [4.69, 9.17) is 0 Å². The molecule has 2 heterocycles. The molecule has 0 saturated carbocycles. The van der Waals surface area contributed by atoms with Gasteiger partial charge in [-0.15, -0.1) is 6.58 Å². The average Bonchev–Trinajstić information content (AvgIpc) is 2.69. The number of carbonyl (C=O) groups excluding carboxylic acids is 1. The highest BCUT2D eigenvalue weighted by Gasteiger charge is 2.43. The lowest BCUT2D eigenvalue weighted by molar-refractivity contribution is -0.137. The summed E-state index contributed by atoms with van der Waals surface area (Å²) in [4.78, 5) is 33.5. The van der Waals surface area contributed by atoms with Crippen LogP contribution in [0.5, 0.6) is 0 Å². The Labute approximate surface area is 187 Å². The average molecular weight is 462 g/mol. The van der Waals surface area contributed by atoms with E-state index in [2.05, 4.69) is 21.9 Å². The van der Waals surface area contributed by atoms with Crippen molar-refractivity contribution in [1.82, 2.24) is 9.97 Å². The minimum Gasteiger partial charge on any atom is -0.343 e. The molecule has 2 aromatic rings. The van der Waals surface area contributed by atoms with Gasteiger partial charge in [-0.1, -0.05) is 49.9 Å². The second-order valence-corrected chi connectivity index (χ2v) is 9.76. The van der Waals surface area contributed by atoms with Crippen molar-refractivity contribution in [2.45, 2.75) is 43.9 Å². The van der Waals surface area contributed by atoms with Crippen molar-refractivity contribution in [3.05, 3.63) is 75.2 Å². The van der Waals surface area contributed by atoms with E-state index in [1.165, 1.54) is 23.9 Å². The molecule has 2 N–H and O–H groups in total. The second-order valence-electron chi connectivity index (χ2n) is 8.75. The normalized spacial score (nSPS) is 19.8. The van der Waals surface area contributed by atoms with Gasteiger partial charge < -0.3 is 10.3 Å². The van der Waals surface area contributed by atoms with Crippen LogP contribution in [0.4, 0.5) is 19.0 Å². The van der Waals surface area contributed by atoms with Crippen molar-refractivity contribution < 1.29 is 18.0 Å². The predicted molar refractivity (Wildman–Crippen MR) is 118 cm³/mol. The highest BCUT2D eigenvalue weighted by Crippen LogP contribution is 2.48. The molecule has 9 heteroatoms. The summed E-state index contributed by atoms with van der Waals surface area (Å²) in [6.07, 6.45) is -2.10. The number of alkyl halides is 3. The van der Waals surface area contributed by atoms with Gasteiger partial charge in [-0.2, -0.15) is 13.2 Å². The molecule has 1 aromatic carbocycles. The number of Topliss-reactive ketones (excluding diaryl/α,β-unsaturated/α-hetero) is 1. The van der Waals surface area contributed by atoms with Crippen LogP contribution >= 0.6 is 11.8 Å². The molecular weight excluding hydrogens is 439 g/mol. The number of carbonyl (C=O) groups is 1. The van der Waals surface area contributed by atoms with Crippen LogP contribution in [0.25, 0.3) is 0 Å². The van der Waals surface area contributed by atoms with Crippen LogP contribution < -0.4 is 10.9 Å². The molecule has 168 valence electrons. The van der Waals surface area contributed by atoms with Crippen molar-refractivity contribution in [3.63, 3.8) is 0 Å². The van der Waals surface area contributed by atoms with Gasteiger partial charge in [-0.05, 0) is 23.5 Å². The Kier molecular flexibility index (Phi) is 5.56. The molecule has 32 heavy (non-hydrogen) atoms. The first kappa shape index (κ1) is 22.4. The number of thioether (sulfide) groups is 1. The number of allylic oxidation sites excluding steroid dienone is 2. The maximum Gasteiger partial charge on any atom is 0.416 e. The summed E-state index contributed by atoms with van der Waals surface area (Å²) < 4.78 is 40.2. The van der Waals surface area contributed by atoms with E-state index in [0.717, 1.165) is 12.1 Å². The van der Waals surface area contributed by atoms with Gasteiger partial charge in [-0.25, -0.2) is 4.98 Å². The van der Waals surface area contributed by atoms with E-state index in [1.807, 2.05) is 13.8 Å². The molecule has 1 aliphatic carbocycles. The van der Waals surface area contributed by atoms with Crippen LogP contribution in [0.1, 0.15) is 49.3 Å². The van der Waals surface area contributed by atoms with Crippen LogP contribution in [-0.4, -0.2) is 21.5 Å². The summed E-state index contributed by atoms with van der Waals surface area (Å²) in [6.45, 7) is 7.57. The monoisotopic (exact) mass is 461 g/mol. The van der Waals surface area contributed by atoms with Crippen LogP contribution in [0.3, 0.4) is 0 Å². The fourth-order valence-electron chi connectivity index (χ4n) is 4.33. The SMILES string of the molecule is C=CCSc1nc2c(c(=O)[nH]1)C(c1cccc(C(F)(F)F)c1)C1=C(CC(C)(C)CC1=O)N2. The van der Waals surface area contributed by atoms with Crippen LogP contribution in [-0.2, 0) is 11.0 Å². The molecule has 1 atom stereocenters. The quantitative estimate of drug-likeness (QED) is 0.369. The fraction of sp³-hybridized carbons (Fsp3) is 0.348. The van der Waals surface area contributed by atoms with Crippen molar-refractivity contribution >= 4 is 23.4 Å². The highest BCUT2D eigenvalue weighted by atomic mass is 32.2. The molecule has 0 radical (unpaired) electrons. The number of H-pyrrole nitrogens is 1. The molecule has 0 spiro atoms. The number of hydrogen-bond donors (Lipinski definition) is 2. The largest absolute Gasteiger partial charge is 0.416 e. The summed E-state index contributed by atoms with van der Waals surface area (Å²) in [5.41, 5.74) is -0.292. The van der Waals surface area contributed by atoms with E-state index in [0.29, 0.717) is 28.6 Å². The number of rotatable bonds is 4. The van der Waals surface area contributed by atoms with E-state index in [1.54, 1.807) is 6.08 Å². The third kappa shape index (κ3) is 4.13. The summed E-state index contributed by atoms with van der Waals surface area (Å²) in [6, 6.07) is 4.81. The second kappa shape index (κ2) is 7.95. The summed E-state index contributed by atoms with van der Waals surface area (Å²) >= 11 is 1.28. The number of hydrogen-bond acceptors (Lipinski definition) is 5. The van der Waals surface area contributed by atoms with Gasteiger partial charge in [0.15, 0.2) is 10.9 Å². The topological polar surface area (TPSA) is 74.8 Å². The first-order valence-corrected chi connectivity index (χ1v) is 11.1. The minimum atomic E-state index is -4.54. The maximum absolute atomic E-state index is 13.4. The Morgan fingerprint density at radius 3 is 2.72 bits per heavy atom. The molecule has 1 unspecified atom stereocenters. The standard InChI is InChI=1S/C23H22F3N3O2S/c1-4-8-32-21-28-19-18(20(31)29-21)16(12-6-5-7-13(9-12)23(24,25)26)17-14(27-19)10-22(2,3)11-15(17)30/h4-7,9,16H,1,8,10-11H2,2-3H3,(H2,27,28,29,31). The Morgan fingerprint density at radius 2 is 2.03 bits per heavy atom. The molecule has 4 rings (SSSR count). The Bertz CT molecular complexity index is 1200. The van der Waals surface area contributed by atoms with Gasteiger partial charge in [0.25, 0.3) is 5.56 Å². The number of anilines is 1. The smallest absolute Gasteiger partial charge is 0.343 e. The Morgan fingerprint density at radius 1 is 1.28 bits per heavy atom. The van der Waals surface area contributed by atoms with Crippen molar-refractivity contribution in [3.8, 4) is 0 Å². The van der Waals surface area contributed by atoms with E-state index in [-0.39, 0.29) is 34.6 Å². The van der Waals surface area contributed by atoms with Gasteiger partial charge in [-0.3, -0.25) is 9.59 Å². The van der Waals surface area contributed by atoms with Gasteiger partial charge in [0.1, 0.15) is 5.82 Å². The summed E-state index contributed by atoms with van der Waals surface area (Å²) in [7, 11) is 0. The first-order chi connectivity index (χ1) is 15.0. The van der Waals surface area contributed by atoms with E-state index < -0.39 is 23.2 Å². The van der Waals surface area contributed by atoms with Gasteiger partial charge in [0, 0.05) is 29.4 Å². The van der Waals surface area contributed by atoms with Gasteiger partial charge in [0.2, 0.25) is 0 Å². The number of halogens is 3. The van der Waals surface area contributed by atoms with Crippen LogP contribution in [0, 0.1) is 5.41 Å². The van der Waals surface area contributed by atoms with Crippen molar-refractivity contribution in [1.29, 1.82) is 0 Å². The molecule has 1 aliphatic heterocycles. The number of aromatic amines is 1. The number of ketones is 1. The van der Waals surface area contributed by atoms with Crippen molar-refractivity contribution in [2.75, 3.05) is 11.1 Å². The van der Waals surface area contributed by atoms with Gasteiger partial charge in [0.05, 0.1) is 11.1 Å². The zero-order chi connectivity index (χ0) is 23.3. The third-order valence-electron chi connectivity index (χ3n) is 5.59. The first-order valence-electron chi connectivity index (χ1n) is 10.1. The number of nitrogens with one attached hydrogen (secondary N) is 2. The maximum atomic E-state index is 13.4. The highest BCUT2D eigenvalue weighted by molar-refractivity contribution is 7.99. The van der Waals surface area contributed by atoms with Crippen LogP contribution in [0.2, 0.25) is 0 Å².